The van der Waals surface area contributed by atoms with Crippen LogP contribution in [0, 0.1) is 0 Å². The molecular weight excluding hydrogens is 386 g/mol. The van der Waals surface area contributed by atoms with Gasteiger partial charge >= 0.3 is 0 Å². The molecule has 6 nitrogen and oxygen atoms in total. The first-order valence-electron chi connectivity index (χ1n) is 8.32. The van der Waals surface area contributed by atoms with E-state index in [0.29, 0.717) is 17.8 Å². The highest BCUT2D eigenvalue weighted by Crippen LogP contribution is 2.44. The summed E-state index contributed by atoms with van der Waals surface area (Å²) in [6.45, 7) is 2.06. The summed E-state index contributed by atoms with van der Waals surface area (Å²) in [5.41, 5.74) is 0. The van der Waals surface area contributed by atoms with Crippen LogP contribution in [0.1, 0.15) is 36.9 Å². The molecule has 0 N–H and O–H groups in total. The molecule has 0 aromatic carbocycles. The molecule has 0 bridgehead atoms. The highest BCUT2D eigenvalue weighted by molar-refractivity contribution is 7.99. The fourth-order valence-corrected chi connectivity index (χ4v) is 5.00. The minimum absolute atomic E-state index is 0.00842. The second kappa shape index (κ2) is 6.64. The average molecular weight is 402 g/mol. The van der Waals surface area contributed by atoms with Crippen LogP contribution < -0.4 is 0 Å². The van der Waals surface area contributed by atoms with Crippen LogP contribution in [0.5, 0.6) is 0 Å². The molecule has 9 heteroatoms. The summed E-state index contributed by atoms with van der Waals surface area (Å²) in [5, 5.41) is 22.3. The van der Waals surface area contributed by atoms with Crippen LogP contribution in [-0.2, 0) is 0 Å². The molecule has 0 spiro atoms. The maximum absolute atomic E-state index is 5.87. The zero-order chi connectivity index (χ0) is 17.5. The number of nitrogens with zero attached hydrogens (tertiary/aromatic N) is 5. The topological polar surface area (TPSA) is 69.6 Å². The number of thioether (sulfide) groups is 1. The first kappa shape index (κ1) is 16.2. The predicted octanol–water partition coefficient (Wildman–Crippen LogP) is 5.31. The molecule has 1 saturated carbocycles. The third-order valence-electron chi connectivity index (χ3n) is 4.12. The zero-order valence-electron chi connectivity index (χ0n) is 13.9. The van der Waals surface area contributed by atoms with Gasteiger partial charge in [0.1, 0.15) is 0 Å². The van der Waals surface area contributed by atoms with E-state index in [4.69, 9.17) is 4.42 Å². The quantitative estimate of drug-likeness (QED) is 0.408. The van der Waals surface area contributed by atoms with Crippen LogP contribution in [-0.4, -0.2) is 25.0 Å². The molecule has 0 unspecified atom stereocenters. The Bertz CT molecular complexity index is 1000. The minimum Gasteiger partial charge on any atom is -0.419 e. The second-order valence-electron chi connectivity index (χ2n) is 6.07. The fourth-order valence-electron chi connectivity index (χ4n) is 2.70. The van der Waals surface area contributed by atoms with Crippen molar-refractivity contribution in [2.75, 3.05) is 0 Å². The predicted molar refractivity (Wildman–Crippen MR) is 103 cm³/mol. The number of hydrogen-bond donors (Lipinski definition) is 0. The van der Waals surface area contributed by atoms with Crippen molar-refractivity contribution in [1.82, 2.24) is 25.0 Å². The lowest BCUT2D eigenvalue weighted by Crippen LogP contribution is -2.00. The lowest BCUT2D eigenvalue weighted by molar-refractivity contribution is 0.509. The van der Waals surface area contributed by atoms with Gasteiger partial charge in [0.25, 0.3) is 5.89 Å². The third kappa shape index (κ3) is 3.00. The van der Waals surface area contributed by atoms with Gasteiger partial charge in [-0.25, -0.2) is 0 Å². The number of thiophene rings is 2. The first-order valence-corrected chi connectivity index (χ1v) is 11.0. The van der Waals surface area contributed by atoms with Crippen molar-refractivity contribution in [3.8, 4) is 21.5 Å². The van der Waals surface area contributed by atoms with Crippen LogP contribution in [0.25, 0.3) is 21.5 Å². The fraction of sp³-hybridized carbons (Fsp3) is 0.294. The van der Waals surface area contributed by atoms with Gasteiger partial charge in [-0.1, -0.05) is 23.9 Å². The molecule has 1 fully saturated rings. The van der Waals surface area contributed by atoms with Gasteiger partial charge < -0.3 is 4.42 Å². The molecule has 4 aromatic rings. The Hall–Kier alpha value is -1.97. The monoisotopic (exact) mass is 401 g/mol. The van der Waals surface area contributed by atoms with E-state index >= 15 is 0 Å². The van der Waals surface area contributed by atoms with E-state index in [9.17, 15) is 0 Å². The molecule has 1 aliphatic rings. The molecule has 4 heterocycles. The van der Waals surface area contributed by atoms with Crippen molar-refractivity contribution in [2.24, 2.45) is 0 Å². The van der Waals surface area contributed by atoms with Gasteiger partial charge in [0.2, 0.25) is 5.89 Å². The molecule has 0 radical (unpaired) electrons. The van der Waals surface area contributed by atoms with Gasteiger partial charge in [-0.2, -0.15) is 0 Å². The number of aromatic nitrogens is 5. The van der Waals surface area contributed by atoms with Gasteiger partial charge in [-0.05, 0) is 42.7 Å². The van der Waals surface area contributed by atoms with Gasteiger partial charge in [0.05, 0.1) is 15.0 Å². The van der Waals surface area contributed by atoms with E-state index in [1.54, 1.807) is 34.4 Å². The van der Waals surface area contributed by atoms with Crippen LogP contribution >= 0.6 is 34.4 Å². The Kier molecular flexibility index (Phi) is 4.14. The van der Waals surface area contributed by atoms with E-state index in [1.165, 1.54) is 12.8 Å². The first-order chi connectivity index (χ1) is 12.8. The lowest BCUT2D eigenvalue weighted by atomic mass is 10.4. The molecular formula is C17H15N5OS3. The van der Waals surface area contributed by atoms with Gasteiger partial charge in [-0.3, -0.25) is 4.57 Å². The summed E-state index contributed by atoms with van der Waals surface area (Å²) in [6, 6.07) is 8.60. The van der Waals surface area contributed by atoms with Gasteiger partial charge in [0, 0.05) is 6.04 Å². The maximum atomic E-state index is 5.87. The Morgan fingerprint density at radius 3 is 2.54 bits per heavy atom. The SMILES string of the molecule is C[C@@H](Sc1nnc(-c2cccs2)n1C1CC1)c1nnc(-c2cccs2)o1. The molecule has 0 saturated heterocycles. The van der Waals surface area contributed by atoms with E-state index in [2.05, 4.69) is 43.3 Å². The third-order valence-corrected chi connectivity index (χ3v) is 6.89. The highest BCUT2D eigenvalue weighted by Gasteiger charge is 2.31. The molecule has 4 aromatic heterocycles. The Balaban J connectivity index is 1.41. The molecule has 0 aliphatic heterocycles. The summed E-state index contributed by atoms with van der Waals surface area (Å²) in [6.07, 6.45) is 2.36. The van der Waals surface area contributed by atoms with E-state index < -0.39 is 0 Å². The van der Waals surface area contributed by atoms with Gasteiger partial charge in [0.15, 0.2) is 11.0 Å². The summed E-state index contributed by atoms with van der Waals surface area (Å²) in [5.74, 6) is 2.15. The summed E-state index contributed by atoms with van der Waals surface area (Å²) in [7, 11) is 0. The van der Waals surface area contributed by atoms with Crippen molar-refractivity contribution in [3.05, 3.63) is 40.9 Å². The summed E-state index contributed by atoms with van der Waals surface area (Å²) < 4.78 is 8.14. The van der Waals surface area contributed by atoms with Crippen LogP contribution in [0.4, 0.5) is 0 Å². The zero-order valence-corrected chi connectivity index (χ0v) is 16.4. The number of hydrogen-bond acceptors (Lipinski definition) is 8. The summed E-state index contributed by atoms with van der Waals surface area (Å²) >= 11 is 4.91. The second-order valence-corrected chi connectivity index (χ2v) is 9.27. The largest absolute Gasteiger partial charge is 0.419 e. The molecule has 26 heavy (non-hydrogen) atoms. The van der Waals surface area contributed by atoms with Crippen molar-refractivity contribution >= 4 is 34.4 Å². The Morgan fingerprint density at radius 2 is 1.85 bits per heavy atom. The highest BCUT2D eigenvalue weighted by atomic mass is 32.2. The van der Waals surface area contributed by atoms with E-state index in [0.717, 1.165) is 20.7 Å². The normalized spacial score (nSPS) is 15.4. The average Bonchev–Trinajstić information content (AvgIpc) is 3.19. The van der Waals surface area contributed by atoms with Crippen molar-refractivity contribution in [2.45, 2.75) is 36.2 Å². The van der Waals surface area contributed by atoms with Crippen LogP contribution in [0.3, 0.4) is 0 Å². The molecule has 0 amide bonds. The Morgan fingerprint density at radius 1 is 1.08 bits per heavy atom. The minimum atomic E-state index is 0.00842. The van der Waals surface area contributed by atoms with Crippen molar-refractivity contribution in [3.63, 3.8) is 0 Å². The van der Waals surface area contributed by atoms with Gasteiger partial charge in [-0.15, -0.1) is 43.1 Å². The van der Waals surface area contributed by atoms with Crippen molar-refractivity contribution in [1.29, 1.82) is 0 Å². The lowest BCUT2D eigenvalue weighted by Gasteiger charge is -2.09. The van der Waals surface area contributed by atoms with Crippen molar-refractivity contribution < 1.29 is 4.42 Å². The maximum Gasteiger partial charge on any atom is 0.257 e. The smallest absolute Gasteiger partial charge is 0.257 e. The van der Waals surface area contributed by atoms with Crippen LogP contribution in [0.2, 0.25) is 0 Å². The summed E-state index contributed by atoms with van der Waals surface area (Å²) in [4.78, 5) is 2.14. The Labute approximate surface area is 162 Å². The molecule has 5 rings (SSSR count). The number of rotatable bonds is 6. The van der Waals surface area contributed by atoms with Crippen LogP contribution in [0.15, 0.2) is 44.6 Å². The molecule has 1 aliphatic carbocycles. The standard InChI is InChI=1S/C17H15N5OS3/c1-10(15-19-20-16(23-15)13-5-3-9-25-13)26-17-21-18-14(12-4-2-8-24-12)22(17)11-6-7-11/h2-5,8-11H,6-7H2,1H3/t10-/m1/s1. The van der Waals surface area contributed by atoms with E-state index in [-0.39, 0.29) is 5.25 Å². The molecule has 1 atom stereocenters. The van der Waals surface area contributed by atoms with E-state index in [1.807, 2.05) is 23.6 Å². The molecule has 132 valence electrons.